The molecule has 0 aliphatic rings. The number of benzene rings is 3. The quantitative estimate of drug-likeness (QED) is 0.205. The Morgan fingerprint density at radius 1 is 0.977 bits per heavy atom. The predicted molar refractivity (Wildman–Crippen MR) is 163 cm³/mol. The van der Waals surface area contributed by atoms with Gasteiger partial charge in [-0.05, 0) is 68.7 Å². The van der Waals surface area contributed by atoms with Gasteiger partial charge < -0.3 is 10.1 Å². The van der Waals surface area contributed by atoms with Gasteiger partial charge in [0.25, 0.3) is 0 Å². The Morgan fingerprint density at radius 2 is 1.64 bits per heavy atom. The minimum absolute atomic E-state index is 0.0121. The van der Waals surface area contributed by atoms with Crippen molar-refractivity contribution in [2.75, 3.05) is 0 Å². The molecule has 2 unspecified atom stereocenters. The summed E-state index contributed by atoms with van der Waals surface area (Å²) in [5, 5.41) is 9.47. The van der Waals surface area contributed by atoms with Gasteiger partial charge in [-0.2, -0.15) is 4.99 Å². The molecule has 2 amide bonds. The number of thiazole rings is 1. The second-order valence-corrected chi connectivity index (χ2v) is 11.4. The van der Waals surface area contributed by atoms with Gasteiger partial charge in [0.15, 0.2) is 10.6 Å². The van der Waals surface area contributed by atoms with Crippen LogP contribution in [0.25, 0.3) is 22.8 Å². The van der Waals surface area contributed by atoms with Crippen molar-refractivity contribution in [2.24, 2.45) is 4.99 Å². The number of urea groups is 1. The van der Waals surface area contributed by atoms with Crippen LogP contribution in [0, 0.1) is 20.8 Å². The molecule has 0 radical (unpaired) electrons. The summed E-state index contributed by atoms with van der Waals surface area (Å²) in [6.45, 7) is 10.1. The normalized spacial score (nSPS) is 13.5. The van der Waals surface area contributed by atoms with Crippen molar-refractivity contribution in [2.45, 2.75) is 52.9 Å². The molecule has 1 N–H and O–H groups in total. The number of ether oxygens (including phenoxy) is 1. The number of aromatic nitrogens is 4. The van der Waals surface area contributed by atoms with Crippen molar-refractivity contribution < 1.29 is 22.7 Å². The molecule has 0 aliphatic heterocycles. The van der Waals surface area contributed by atoms with E-state index in [9.17, 15) is 18.0 Å². The van der Waals surface area contributed by atoms with Crippen LogP contribution in [-0.2, 0) is 0 Å². The average Bonchev–Trinajstić information content (AvgIpc) is 3.60. The Labute approximate surface area is 256 Å². The zero-order valence-corrected chi connectivity index (χ0v) is 25.6. The van der Waals surface area contributed by atoms with Crippen LogP contribution in [0.2, 0.25) is 0 Å². The highest BCUT2D eigenvalue weighted by atomic mass is 32.1. The van der Waals surface area contributed by atoms with Crippen LogP contribution < -0.4 is 14.9 Å². The number of hydrogen-bond acceptors (Lipinski definition) is 5. The van der Waals surface area contributed by atoms with Gasteiger partial charge in [-0.1, -0.05) is 49.4 Å². The molecule has 5 rings (SSSR count). The van der Waals surface area contributed by atoms with E-state index in [0.717, 1.165) is 33.6 Å². The Hall–Kier alpha value is -4.71. The Bertz CT molecular complexity index is 1820. The van der Waals surface area contributed by atoms with Gasteiger partial charge in [0.1, 0.15) is 12.1 Å². The van der Waals surface area contributed by atoms with Gasteiger partial charge in [0, 0.05) is 28.6 Å². The first kappa shape index (κ1) is 30.7. The number of rotatable bonds is 7. The summed E-state index contributed by atoms with van der Waals surface area (Å²) in [6.07, 6.45) is -3.26. The molecule has 2 atom stereocenters. The van der Waals surface area contributed by atoms with Gasteiger partial charge in [0.2, 0.25) is 0 Å². The van der Waals surface area contributed by atoms with E-state index in [2.05, 4.69) is 25.1 Å². The van der Waals surface area contributed by atoms with Crippen LogP contribution in [0.15, 0.2) is 83.4 Å². The van der Waals surface area contributed by atoms with Crippen LogP contribution in [0.1, 0.15) is 42.1 Å². The average molecular weight is 621 g/mol. The first-order valence-corrected chi connectivity index (χ1v) is 14.7. The lowest BCUT2D eigenvalue weighted by molar-refractivity contribution is -0.274. The maximum absolute atomic E-state index is 13.0. The third-order valence-electron chi connectivity index (χ3n) is 7.36. The molecule has 0 fully saturated rings. The van der Waals surface area contributed by atoms with E-state index in [1.807, 2.05) is 87.0 Å². The SMILES string of the molecule is Cc1cccc(C)c1-n1c(C)cs/c1=N\C(=O)NC(C)C(C)c1ccc(-c2ncn(-c3ccc(OC(F)(F)F)cc3)n2)cc1. The Balaban J connectivity index is 1.26. The Kier molecular flexibility index (Phi) is 8.73. The van der Waals surface area contributed by atoms with Crippen LogP contribution >= 0.6 is 11.3 Å². The molecule has 0 bridgehead atoms. The monoisotopic (exact) mass is 620 g/mol. The van der Waals surface area contributed by atoms with E-state index in [4.69, 9.17) is 0 Å². The van der Waals surface area contributed by atoms with Crippen LogP contribution in [0.4, 0.5) is 18.0 Å². The molecule has 12 heteroatoms. The maximum Gasteiger partial charge on any atom is 0.573 e. The molecule has 5 aromatic rings. The van der Waals surface area contributed by atoms with Gasteiger partial charge in [-0.25, -0.2) is 14.5 Å². The summed E-state index contributed by atoms with van der Waals surface area (Å²) in [6, 6.07) is 18.6. The fourth-order valence-electron chi connectivity index (χ4n) is 4.88. The molecule has 0 saturated carbocycles. The molecule has 0 saturated heterocycles. The summed E-state index contributed by atoms with van der Waals surface area (Å²) in [7, 11) is 0. The fraction of sp³-hybridized carbons (Fsp3) is 0.250. The number of halogens is 3. The zero-order valence-electron chi connectivity index (χ0n) is 24.8. The summed E-state index contributed by atoms with van der Waals surface area (Å²) in [5.41, 5.74) is 6.58. The highest BCUT2D eigenvalue weighted by molar-refractivity contribution is 7.07. The number of aryl methyl sites for hydroxylation is 3. The highest BCUT2D eigenvalue weighted by Crippen LogP contribution is 2.26. The Morgan fingerprint density at radius 3 is 2.27 bits per heavy atom. The molecule has 44 heavy (non-hydrogen) atoms. The molecule has 228 valence electrons. The number of nitrogens with zero attached hydrogens (tertiary/aromatic N) is 5. The van der Waals surface area contributed by atoms with Crippen molar-refractivity contribution in [1.29, 1.82) is 0 Å². The van der Waals surface area contributed by atoms with E-state index in [1.165, 1.54) is 46.6 Å². The van der Waals surface area contributed by atoms with Crippen molar-refractivity contribution in [3.05, 3.63) is 106 Å². The lowest BCUT2D eigenvalue weighted by Crippen LogP contribution is -2.35. The van der Waals surface area contributed by atoms with Crippen molar-refractivity contribution >= 4 is 17.4 Å². The van der Waals surface area contributed by atoms with Crippen LogP contribution in [0.5, 0.6) is 5.75 Å². The molecule has 2 aromatic heterocycles. The predicted octanol–water partition coefficient (Wildman–Crippen LogP) is 7.41. The fourth-order valence-corrected chi connectivity index (χ4v) is 5.74. The standard InChI is InChI=1S/C32H31F3N6O2S/c1-19-7-6-8-20(2)28(19)41-21(3)17-44-31(41)38-30(42)37-23(5)22(4)24-9-11-25(12-10-24)29-36-18-40(39-29)26-13-15-27(16-14-26)43-32(33,34)35/h6-18,22-23H,1-5H3,(H,37,42)/b38-31-. The lowest BCUT2D eigenvalue weighted by Gasteiger charge is -2.21. The number of para-hydroxylation sites is 1. The van der Waals surface area contributed by atoms with Gasteiger partial charge in [-0.3, -0.25) is 4.57 Å². The van der Waals surface area contributed by atoms with Gasteiger partial charge in [0.05, 0.1) is 11.4 Å². The topological polar surface area (TPSA) is 86.3 Å². The van der Waals surface area contributed by atoms with E-state index in [-0.39, 0.29) is 17.7 Å². The number of nitrogens with one attached hydrogen (secondary N) is 1. The van der Waals surface area contributed by atoms with Crippen molar-refractivity contribution in [3.63, 3.8) is 0 Å². The first-order chi connectivity index (χ1) is 20.9. The number of alkyl halides is 3. The minimum Gasteiger partial charge on any atom is -0.406 e. The molecule has 3 aromatic carbocycles. The van der Waals surface area contributed by atoms with E-state index in [1.54, 1.807) is 0 Å². The lowest BCUT2D eigenvalue weighted by atomic mass is 9.93. The molecule has 2 heterocycles. The van der Waals surface area contributed by atoms with Crippen LogP contribution in [0.3, 0.4) is 0 Å². The molecule has 0 spiro atoms. The first-order valence-electron chi connectivity index (χ1n) is 13.9. The van der Waals surface area contributed by atoms with Crippen LogP contribution in [-0.4, -0.2) is 37.8 Å². The number of amides is 2. The summed E-state index contributed by atoms with van der Waals surface area (Å²) < 4.78 is 44.7. The molecular formula is C32H31F3N6O2S. The second-order valence-electron chi connectivity index (χ2n) is 10.6. The molecule has 8 nitrogen and oxygen atoms in total. The number of carbonyl (C=O) groups excluding carboxylic acids is 1. The van der Waals surface area contributed by atoms with E-state index in [0.29, 0.717) is 16.3 Å². The van der Waals surface area contributed by atoms with Gasteiger partial charge in [-0.15, -0.1) is 29.6 Å². The summed E-state index contributed by atoms with van der Waals surface area (Å²) in [5.74, 6) is 0.137. The number of hydrogen-bond donors (Lipinski definition) is 1. The van der Waals surface area contributed by atoms with Crippen molar-refractivity contribution in [1.82, 2.24) is 24.6 Å². The smallest absolute Gasteiger partial charge is 0.406 e. The molecular weight excluding hydrogens is 589 g/mol. The minimum atomic E-state index is -4.75. The van der Waals surface area contributed by atoms with Gasteiger partial charge >= 0.3 is 12.4 Å². The summed E-state index contributed by atoms with van der Waals surface area (Å²) >= 11 is 1.43. The van der Waals surface area contributed by atoms with E-state index < -0.39 is 12.4 Å². The maximum atomic E-state index is 13.0. The zero-order chi connectivity index (χ0) is 31.6. The third kappa shape index (κ3) is 6.91. The second kappa shape index (κ2) is 12.5. The highest BCUT2D eigenvalue weighted by Gasteiger charge is 2.31. The largest absolute Gasteiger partial charge is 0.573 e. The van der Waals surface area contributed by atoms with Crippen molar-refractivity contribution in [3.8, 4) is 28.5 Å². The van der Waals surface area contributed by atoms with E-state index >= 15 is 0 Å². The summed E-state index contributed by atoms with van der Waals surface area (Å²) in [4.78, 5) is 22.4. The number of carbonyl (C=O) groups is 1. The third-order valence-corrected chi connectivity index (χ3v) is 8.31. The molecule has 0 aliphatic carbocycles.